The average molecular weight is 369 g/mol. The zero-order valence-corrected chi connectivity index (χ0v) is 16.1. The minimum Gasteiger partial charge on any atom is -0.355 e. The summed E-state index contributed by atoms with van der Waals surface area (Å²) in [6.07, 6.45) is 6.78. The number of nitrogens with one attached hydrogen (secondary N) is 2. The maximum Gasteiger partial charge on any atom is 0.236 e. The van der Waals surface area contributed by atoms with Crippen molar-refractivity contribution in [3.05, 3.63) is 29.8 Å². The van der Waals surface area contributed by atoms with Crippen LogP contribution in [0.1, 0.15) is 44.1 Å². The van der Waals surface area contributed by atoms with Crippen molar-refractivity contribution in [1.82, 2.24) is 10.6 Å². The third-order valence-corrected chi connectivity index (χ3v) is 6.60. The lowest BCUT2D eigenvalue weighted by Gasteiger charge is -2.29. The van der Waals surface area contributed by atoms with Crippen LogP contribution in [-0.4, -0.2) is 30.3 Å². The fourth-order valence-electron chi connectivity index (χ4n) is 3.65. The van der Waals surface area contributed by atoms with E-state index in [2.05, 4.69) is 41.8 Å². The minimum absolute atomic E-state index is 0. The summed E-state index contributed by atoms with van der Waals surface area (Å²) >= 11 is 1.77. The van der Waals surface area contributed by atoms with Crippen LogP contribution < -0.4 is 10.6 Å². The molecule has 1 saturated carbocycles. The Hall–Kier alpha value is -0.710. The van der Waals surface area contributed by atoms with Crippen molar-refractivity contribution in [3.8, 4) is 0 Å². The Balaban J connectivity index is 0.00000208. The van der Waals surface area contributed by atoms with E-state index in [0.29, 0.717) is 5.92 Å². The van der Waals surface area contributed by atoms with Crippen molar-refractivity contribution < 1.29 is 4.79 Å². The van der Waals surface area contributed by atoms with Gasteiger partial charge in [-0.2, -0.15) is 0 Å². The van der Waals surface area contributed by atoms with Gasteiger partial charge < -0.3 is 10.6 Å². The van der Waals surface area contributed by atoms with E-state index in [1.807, 2.05) is 0 Å². The van der Waals surface area contributed by atoms with Crippen molar-refractivity contribution in [2.24, 2.45) is 5.92 Å². The van der Waals surface area contributed by atoms with Crippen LogP contribution in [0.4, 0.5) is 0 Å². The lowest BCUT2D eigenvalue weighted by molar-refractivity contribution is -0.123. The van der Waals surface area contributed by atoms with Gasteiger partial charge in [-0.15, -0.1) is 24.2 Å². The second-order valence-corrected chi connectivity index (χ2v) is 8.50. The molecule has 24 heavy (non-hydrogen) atoms. The Kier molecular flexibility index (Phi) is 7.45. The largest absolute Gasteiger partial charge is 0.355 e. The molecule has 1 aliphatic heterocycles. The number of benzene rings is 1. The van der Waals surface area contributed by atoms with E-state index in [9.17, 15) is 4.79 Å². The second-order valence-electron chi connectivity index (χ2n) is 7.04. The maximum atomic E-state index is 12.9. The van der Waals surface area contributed by atoms with Gasteiger partial charge in [0, 0.05) is 11.4 Å². The molecule has 1 atom stereocenters. The standard InChI is InChI=1S/C19H28N2OS.ClH/c1-15-6-8-17(9-7-15)23-19(10-2-3-11-19)18(22)21-14-16-5-4-12-20-13-16;/h6-9,16,20H,2-5,10-14H2,1H3,(H,21,22);1H. The molecule has 2 fully saturated rings. The third-order valence-electron chi connectivity index (χ3n) is 5.11. The van der Waals surface area contributed by atoms with Gasteiger partial charge in [0.1, 0.15) is 0 Å². The molecule has 0 aromatic heterocycles. The summed E-state index contributed by atoms with van der Waals surface area (Å²) in [5.74, 6) is 0.849. The van der Waals surface area contributed by atoms with Crippen LogP contribution in [0, 0.1) is 12.8 Å². The molecule has 1 amide bonds. The Morgan fingerprint density at radius 1 is 1.25 bits per heavy atom. The summed E-state index contributed by atoms with van der Waals surface area (Å²) in [6, 6.07) is 8.57. The van der Waals surface area contributed by atoms with Gasteiger partial charge in [0.25, 0.3) is 0 Å². The number of halogens is 1. The molecule has 134 valence electrons. The topological polar surface area (TPSA) is 41.1 Å². The summed E-state index contributed by atoms with van der Waals surface area (Å²) in [7, 11) is 0. The zero-order chi connectivity index (χ0) is 16.1. The van der Waals surface area contributed by atoms with Gasteiger partial charge in [0.15, 0.2) is 0 Å². The quantitative estimate of drug-likeness (QED) is 0.827. The first-order valence-corrected chi connectivity index (χ1v) is 9.74. The predicted octanol–water partition coefficient (Wildman–Crippen LogP) is 3.94. The van der Waals surface area contributed by atoms with Gasteiger partial charge in [-0.25, -0.2) is 0 Å². The molecule has 1 heterocycles. The Bertz CT molecular complexity index is 523. The lowest BCUT2D eigenvalue weighted by atomic mass is 9.99. The number of hydrogen-bond acceptors (Lipinski definition) is 3. The highest BCUT2D eigenvalue weighted by atomic mass is 35.5. The van der Waals surface area contributed by atoms with Gasteiger partial charge >= 0.3 is 0 Å². The van der Waals surface area contributed by atoms with Gasteiger partial charge in [0.05, 0.1) is 4.75 Å². The third kappa shape index (κ3) is 4.90. The molecular weight excluding hydrogens is 340 g/mol. The van der Waals surface area contributed by atoms with Crippen molar-refractivity contribution in [3.63, 3.8) is 0 Å². The number of piperidine rings is 1. The number of aryl methyl sites for hydroxylation is 1. The summed E-state index contributed by atoms with van der Waals surface area (Å²) in [5, 5.41) is 6.69. The minimum atomic E-state index is -0.253. The van der Waals surface area contributed by atoms with Crippen LogP contribution in [0.2, 0.25) is 0 Å². The van der Waals surface area contributed by atoms with Gasteiger partial charge in [-0.05, 0) is 63.7 Å². The Morgan fingerprint density at radius 3 is 2.58 bits per heavy atom. The van der Waals surface area contributed by atoms with E-state index in [4.69, 9.17) is 0 Å². The molecule has 1 aliphatic carbocycles. The Morgan fingerprint density at radius 2 is 1.96 bits per heavy atom. The van der Waals surface area contributed by atoms with Crippen LogP contribution in [0.15, 0.2) is 29.2 Å². The molecule has 2 aliphatic rings. The molecule has 0 bridgehead atoms. The lowest BCUT2D eigenvalue weighted by Crippen LogP contribution is -2.46. The first-order chi connectivity index (χ1) is 11.2. The van der Waals surface area contributed by atoms with E-state index in [-0.39, 0.29) is 23.1 Å². The van der Waals surface area contributed by atoms with Crippen molar-refractivity contribution >= 4 is 30.1 Å². The van der Waals surface area contributed by atoms with Crippen LogP contribution in [-0.2, 0) is 4.79 Å². The molecule has 1 saturated heterocycles. The van der Waals surface area contributed by atoms with Crippen LogP contribution in [0.5, 0.6) is 0 Å². The summed E-state index contributed by atoms with van der Waals surface area (Å²) in [5.41, 5.74) is 1.27. The normalized spacial score (nSPS) is 22.6. The van der Waals surface area contributed by atoms with Crippen molar-refractivity contribution in [1.29, 1.82) is 0 Å². The highest BCUT2D eigenvalue weighted by Crippen LogP contribution is 2.45. The average Bonchev–Trinajstić information content (AvgIpc) is 3.05. The summed E-state index contributed by atoms with van der Waals surface area (Å²) < 4.78 is -0.253. The number of thioether (sulfide) groups is 1. The van der Waals surface area contributed by atoms with Gasteiger partial charge in [-0.1, -0.05) is 30.5 Å². The molecule has 1 aromatic rings. The summed E-state index contributed by atoms with van der Waals surface area (Å²) in [4.78, 5) is 14.1. The van der Waals surface area contributed by atoms with Crippen molar-refractivity contribution in [2.75, 3.05) is 19.6 Å². The molecule has 3 rings (SSSR count). The van der Waals surface area contributed by atoms with Crippen LogP contribution in [0.25, 0.3) is 0 Å². The number of rotatable bonds is 5. The van der Waals surface area contributed by atoms with Gasteiger partial charge in [-0.3, -0.25) is 4.79 Å². The molecule has 2 N–H and O–H groups in total. The first-order valence-electron chi connectivity index (χ1n) is 8.93. The Labute approximate surface area is 156 Å². The van der Waals surface area contributed by atoms with Crippen LogP contribution >= 0.6 is 24.2 Å². The molecular formula is C19H29ClN2OS. The first kappa shape index (κ1) is 19.6. The van der Waals surface area contributed by atoms with E-state index >= 15 is 0 Å². The fraction of sp³-hybridized carbons (Fsp3) is 0.632. The van der Waals surface area contributed by atoms with Crippen LogP contribution in [0.3, 0.4) is 0 Å². The van der Waals surface area contributed by atoms with E-state index in [0.717, 1.165) is 45.3 Å². The number of carbonyl (C=O) groups is 1. The molecule has 3 nitrogen and oxygen atoms in total. The zero-order valence-electron chi connectivity index (χ0n) is 14.5. The van der Waals surface area contributed by atoms with E-state index in [1.165, 1.54) is 23.3 Å². The monoisotopic (exact) mass is 368 g/mol. The second kappa shape index (κ2) is 9.12. The maximum absolute atomic E-state index is 12.9. The van der Waals surface area contributed by atoms with Gasteiger partial charge in [0.2, 0.25) is 5.91 Å². The van der Waals surface area contributed by atoms with Crippen molar-refractivity contribution in [2.45, 2.75) is 55.1 Å². The number of carbonyl (C=O) groups excluding carboxylic acids is 1. The smallest absolute Gasteiger partial charge is 0.236 e. The fourth-order valence-corrected chi connectivity index (χ4v) is 5.03. The highest BCUT2D eigenvalue weighted by molar-refractivity contribution is 8.01. The molecule has 5 heteroatoms. The summed E-state index contributed by atoms with van der Waals surface area (Å²) in [6.45, 7) is 5.09. The molecule has 0 radical (unpaired) electrons. The number of hydrogen-bond donors (Lipinski definition) is 2. The molecule has 1 aromatic carbocycles. The highest BCUT2D eigenvalue weighted by Gasteiger charge is 2.42. The van der Waals surface area contributed by atoms with E-state index < -0.39 is 0 Å². The molecule has 1 unspecified atom stereocenters. The SMILES string of the molecule is Cc1ccc(SC2(C(=O)NCC3CCCNC3)CCCC2)cc1.Cl. The van der Waals surface area contributed by atoms with E-state index in [1.54, 1.807) is 11.8 Å². The predicted molar refractivity (Wildman–Crippen MR) is 104 cm³/mol. The number of amides is 1. The molecule has 0 spiro atoms.